The summed E-state index contributed by atoms with van der Waals surface area (Å²) in [5, 5.41) is 21.6. The van der Waals surface area contributed by atoms with Gasteiger partial charge >= 0.3 is 17.9 Å². The van der Waals surface area contributed by atoms with E-state index < -0.39 is 40.1 Å². The molecule has 0 saturated heterocycles. The van der Waals surface area contributed by atoms with Crippen LogP contribution in [0.5, 0.6) is 0 Å². The molecule has 12 nitrogen and oxygen atoms in total. The molecule has 0 aromatic heterocycles. The van der Waals surface area contributed by atoms with Crippen molar-refractivity contribution < 1.29 is 33.5 Å². The third-order valence-electron chi connectivity index (χ3n) is 5.45. The molecule has 0 aliphatic carbocycles. The number of carbonyl (C=O) groups excluding carboxylic acids is 3. The molecule has 36 heavy (non-hydrogen) atoms. The number of nitrogens with zero attached hydrogens (tertiary/aromatic N) is 3. The number of hydrogen-bond acceptors (Lipinski definition) is 11. The van der Waals surface area contributed by atoms with Gasteiger partial charge in [0.25, 0.3) is 5.69 Å². The van der Waals surface area contributed by atoms with E-state index in [0.29, 0.717) is 5.56 Å². The molecule has 3 rings (SSSR count). The number of esters is 3. The van der Waals surface area contributed by atoms with Gasteiger partial charge in [0.05, 0.1) is 60.6 Å². The van der Waals surface area contributed by atoms with Crippen molar-refractivity contribution in [3.8, 4) is 6.07 Å². The molecule has 0 amide bonds. The zero-order chi connectivity index (χ0) is 26.6. The lowest BCUT2D eigenvalue weighted by molar-refractivity contribution is -0.384. The maximum atomic E-state index is 13.1. The van der Waals surface area contributed by atoms with Crippen LogP contribution in [-0.2, 0) is 23.8 Å². The number of methoxy groups -OCH3 is 3. The van der Waals surface area contributed by atoms with Gasteiger partial charge in [0.2, 0.25) is 0 Å². The predicted octanol–water partition coefficient (Wildman–Crippen LogP) is 2.28. The maximum absolute atomic E-state index is 13.1. The third-order valence-corrected chi connectivity index (χ3v) is 5.45. The normalized spacial score (nSPS) is 15.2. The molecule has 2 aromatic carbocycles. The Balaban J connectivity index is 2.52. The molecule has 184 valence electrons. The minimum absolute atomic E-state index is 0.170. The van der Waals surface area contributed by atoms with Crippen molar-refractivity contribution in [1.29, 1.82) is 5.26 Å². The average Bonchev–Trinajstić information content (AvgIpc) is 2.90. The number of anilines is 1. The topological polar surface area (TPSA) is 175 Å². The molecule has 1 aliphatic rings. The molecule has 0 saturated carbocycles. The summed E-state index contributed by atoms with van der Waals surface area (Å²) in [6.45, 7) is 0. The van der Waals surface area contributed by atoms with E-state index in [1.807, 2.05) is 6.07 Å². The van der Waals surface area contributed by atoms with Crippen LogP contribution < -0.4 is 10.6 Å². The van der Waals surface area contributed by atoms with Gasteiger partial charge < -0.3 is 19.9 Å². The highest BCUT2D eigenvalue weighted by Gasteiger charge is 2.44. The number of allylic oxidation sites excluding steroid dienone is 1. The Hall–Kier alpha value is -5.18. The molecule has 0 fully saturated rings. The minimum Gasteiger partial charge on any atom is -0.466 e. The monoisotopic (exact) mass is 492 g/mol. The van der Waals surface area contributed by atoms with Gasteiger partial charge in [0.15, 0.2) is 0 Å². The largest absolute Gasteiger partial charge is 0.466 e. The van der Waals surface area contributed by atoms with Crippen LogP contribution >= 0.6 is 0 Å². The van der Waals surface area contributed by atoms with Gasteiger partial charge in [-0.1, -0.05) is 30.3 Å². The Morgan fingerprint density at radius 3 is 2.14 bits per heavy atom. The number of ether oxygens (including phenoxy) is 3. The van der Waals surface area contributed by atoms with E-state index in [2.05, 4.69) is 0 Å². The lowest BCUT2D eigenvalue weighted by Crippen LogP contribution is -2.41. The molecular weight excluding hydrogens is 472 g/mol. The lowest BCUT2D eigenvalue weighted by Gasteiger charge is -2.36. The molecule has 1 heterocycles. The second kappa shape index (κ2) is 10.4. The lowest BCUT2D eigenvalue weighted by atomic mass is 9.80. The molecule has 0 spiro atoms. The average molecular weight is 492 g/mol. The van der Waals surface area contributed by atoms with Crippen molar-refractivity contribution in [1.82, 2.24) is 0 Å². The molecule has 2 aromatic rings. The third kappa shape index (κ3) is 4.32. The predicted molar refractivity (Wildman–Crippen MR) is 124 cm³/mol. The van der Waals surface area contributed by atoms with Crippen LogP contribution in [0, 0.1) is 21.4 Å². The van der Waals surface area contributed by atoms with Crippen LogP contribution in [0.15, 0.2) is 71.2 Å². The van der Waals surface area contributed by atoms with Crippen molar-refractivity contribution >= 4 is 29.3 Å². The molecular formula is C24H20N4O8. The van der Waals surface area contributed by atoms with Gasteiger partial charge in [-0.2, -0.15) is 5.26 Å². The number of carbonyl (C=O) groups is 3. The molecule has 1 aliphatic heterocycles. The molecule has 12 heteroatoms. The number of nitro groups is 1. The highest BCUT2D eigenvalue weighted by atomic mass is 16.6. The summed E-state index contributed by atoms with van der Waals surface area (Å²) in [6, 6.07) is 13.4. The van der Waals surface area contributed by atoms with Crippen LogP contribution in [0.3, 0.4) is 0 Å². The molecule has 1 atom stereocenters. The van der Waals surface area contributed by atoms with Gasteiger partial charge in [-0.05, 0) is 11.6 Å². The zero-order valence-corrected chi connectivity index (χ0v) is 19.4. The van der Waals surface area contributed by atoms with Crippen LogP contribution in [0.25, 0.3) is 0 Å². The molecule has 0 bridgehead atoms. The van der Waals surface area contributed by atoms with Crippen LogP contribution in [0.2, 0.25) is 0 Å². The van der Waals surface area contributed by atoms with Crippen molar-refractivity contribution in [2.24, 2.45) is 5.73 Å². The van der Waals surface area contributed by atoms with E-state index in [4.69, 9.17) is 19.9 Å². The second-order valence-electron chi connectivity index (χ2n) is 7.29. The SMILES string of the molecule is COC(=O)C1=C(C(=O)OC)N(c2cc([N+](=O)[O-])ccc2C(=O)OC)C(N)=C(C#N)C1c1ccccc1. The summed E-state index contributed by atoms with van der Waals surface area (Å²) in [7, 11) is 3.22. The fourth-order valence-electron chi connectivity index (χ4n) is 3.86. The van der Waals surface area contributed by atoms with E-state index >= 15 is 0 Å². The Kier molecular flexibility index (Phi) is 7.34. The highest BCUT2D eigenvalue weighted by molar-refractivity contribution is 6.08. The fraction of sp³-hybridized carbons (Fsp3) is 0.167. The molecule has 1 unspecified atom stereocenters. The van der Waals surface area contributed by atoms with E-state index in [-0.39, 0.29) is 28.2 Å². The van der Waals surface area contributed by atoms with E-state index in [1.165, 1.54) is 0 Å². The van der Waals surface area contributed by atoms with Crippen molar-refractivity contribution in [2.45, 2.75) is 5.92 Å². The van der Waals surface area contributed by atoms with E-state index in [9.17, 15) is 29.8 Å². The summed E-state index contributed by atoms with van der Waals surface area (Å²) >= 11 is 0. The standard InChI is InChI=1S/C24H20N4O8/c1-34-22(29)15-10-9-14(28(32)33)11-17(15)27-20(24(31)36-3)19(23(30)35-2)18(16(12-25)21(27)26)13-7-5-4-6-8-13/h4-11,18H,26H2,1-3H3. The first-order valence-corrected chi connectivity index (χ1v) is 10.2. The number of nitro benzene ring substituents is 1. The van der Waals surface area contributed by atoms with Crippen molar-refractivity contribution in [3.63, 3.8) is 0 Å². The number of benzene rings is 2. The minimum atomic E-state index is -1.14. The number of non-ortho nitro benzene ring substituents is 1. The van der Waals surface area contributed by atoms with E-state index in [0.717, 1.165) is 44.4 Å². The Morgan fingerprint density at radius 2 is 1.61 bits per heavy atom. The number of nitrogens with two attached hydrogens (primary N) is 1. The van der Waals surface area contributed by atoms with Gasteiger partial charge in [0.1, 0.15) is 11.5 Å². The summed E-state index contributed by atoms with van der Waals surface area (Å²) in [5.41, 5.74) is 4.88. The first kappa shape index (κ1) is 25.4. The highest BCUT2D eigenvalue weighted by Crippen LogP contribution is 2.44. The Bertz CT molecular complexity index is 1360. The summed E-state index contributed by atoms with van der Waals surface area (Å²) < 4.78 is 14.6. The summed E-state index contributed by atoms with van der Waals surface area (Å²) in [6.07, 6.45) is 0. The zero-order valence-electron chi connectivity index (χ0n) is 19.4. The van der Waals surface area contributed by atoms with Crippen molar-refractivity contribution in [3.05, 3.63) is 92.4 Å². The van der Waals surface area contributed by atoms with Gasteiger partial charge in [-0.15, -0.1) is 0 Å². The first-order chi connectivity index (χ1) is 17.2. The second-order valence-corrected chi connectivity index (χ2v) is 7.29. The van der Waals surface area contributed by atoms with Gasteiger partial charge in [0, 0.05) is 12.1 Å². The quantitative estimate of drug-likeness (QED) is 0.271. The summed E-state index contributed by atoms with van der Waals surface area (Å²) in [4.78, 5) is 50.5. The number of hydrogen-bond donors (Lipinski definition) is 1. The molecule has 0 radical (unpaired) electrons. The smallest absolute Gasteiger partial charge is 0.355 e. The number of rotatable bonds is 6. The van der Waals surface area contributed by atoms with Crippen LogP contribution in [-0.4, -0.2) is 44.2 Å². The summed E-state index contributed by atoms with van der Waals surface area (Å²) in [5.74, 6) is -4.47. The Morgan fingerprint density at radius 1 is 1.00 bits per heavy atom. The van der Waals surface area contributed by atoms with Gasteiger partial charge in [-0.3, -0.25) is 15.0 Å². The number of nitriles is 1. The van der Waals surface area contributed by atoms with Crippen LogP contribution in [0.4, 0.5) is 11.4 Å². The van der Waals surface area contributed by atoms with Crippen molar-refractivity contribution in [2.75, 3.05) is 26.2 Å². The van der Waals surface area contributed by atoms with Crippen LogP contribution in [0.1, 0.15) is 21.8 Å². The first-order valence-electron chi connectivity index (χ1n) is 10.2. The Labute approximate surface area is 204 Å². The van der Waals surface area contributed by atoms with E-state index in [1.54, 1.807) is 30.3 Å². The maximum Gasteiger partial charge on any atom is 0.355 e. The molecule has 2 N–H and O–H groups in total. The van der Waals surface area contributed by atoms with Gasteiger partial charge in [-0.25, -0.2) is 14.4 Å². The fourth-order valence-corrected chi connectivity index (χ4v) is 3.86.